The normalized spacial score (nSPS) is 10.6. The third kappa shape index (κ3) is 5.67. The van der Waals surface area contributed by atoms with Gasteiger partial charge in [-0.05, 0) is 18.6 Å². The van der Waals surface area contributed by atoms with Gasteiger partial charge in [-0.2, -0.15) is 5.26 Å². The molecule has 0 saturated heterocycles. The van der Waals surface area contributed by atoms with Crippen LogP contribution in [-0.4, -0.2) is 30.1 Å². The molecule has 0 radical (unpaired) electrons. The van der Waals surface area contributed by atoms with E-state index in [-0.39, 0.29) is 18.6 Å². The predicted molar refractivity (Wildman–Crippen MR) is 81.1 cm³/mol. The SMILES string of the molecule is CCCNC(=O)/C(C#N)=C/c1ccccc1OCCC(=O)O. The van der Waals surface area contributed by atoms with Gasteiger partial charge >= 0.3 is 5.97 Å². The molecule has 1 amide bonds. The molecule has 1 rings (SSSR count). The van der Waals surface area contributed by atoms with Crippen LogP contribution in [0.4, 0.5) is 0 Å². The highest BCUT2D eigenvalue weighted by Gasteiger charge is 2.10. The van der Waals surface area contributed by atoms with Gasteiger partial charge < -0.3 is 15.2 Å². The fourth-order valence-electron chi connectivity index (χ4n) is 1.62. The van der Waals surface area contributed by atoms with Crippen molar-refractivity contribution in [2.24, 2.45) is 0 Å². The average Bonchev–Trinajstić information content (AvgIpc) is 2.51. The van der Waals surface area contributed by atoms with Crippen LogP contribution in [0.2, 0.25) is 0 Å². The molecule has 0 fully saturated rings. The summed E-state index contributed by atoms with van der Waals surface area (Å²) in [6.07, 6.45) is 2.08. The Balaban J connectivity index is 2.90. The zero-order valence-corrected chi connectivity index (χ0v) is 12.3. The molecule has 6 nitrogen and oxygen atoms in total. The summed E-state index contributed by atoms with van der Waals surface area (Å²) in [6.45, 7) is 2.43. The minimum atomic E-state index is -0.954. The standard InChI is InChI=1S/C16H18N2O4/c1-2-8-18-16(21)13(11-17)10-12-5-3-4-6-14(12)22-9-7-15(19)20/h3-6,10H,2,7-9H2,1H3,(H,18,21)(H,19,20)/b13-10+. The molecule has 1 aromatic carbocycles. The van der Waals surface area contributed by atoms with Gasteiger partial charge in [0.25, 0.3) is 5.91 Å². The fraction of sp³-hybridized carbons (Fsp3) is 0.312. The molecule has 0 saturated carbocycles. The maximum atomic E-state index is 11.8. The molecule has 0 aliphatic rings. The van der Waals surface area contributed by atoms with Crippen LogP contribution in [0.25, 0.3) is 6.08 Å². The Kier molecular flexibility index (Phi) is 7.20. The zero-order valence-electron chi connectivity index (χ0n) is 12.3. The van der Waals surface area contributed by atoms with Gasteiger partial charge in [0, 0.05) is 12.1 Å². The molecule has 0 atom stereocenters. The Morgan fingerprint density at radius 2 is 2.14 bits per heavy atom. The lowest BCUT2D eigenvalue weighted by atomic mass is 10.1. The van der Waals surface area contributed by atoms with E-state index < -0.39 is 11.9 Å². The first-order chi connectivity index (χ1) is 10.6. The van der Waals surface area contributed by atoms with E-state index in [1.165, 1.54) is 6.08 Å². The number of carbonyl (C=O) groups is 2. The third-order valence-corrected chi connectivity index (χ3v) is 2.69. The van der Waals surface area contributed by atoms with Crippen molar-refractivity contribution in [2.45, 2.75) is 19.8 Å². The molecule has 116 valence electrons. The summed E-state index contributed by atoms with van der Waals surface area (Å²) >= 11 is 0. The van der Waals surface area contributed by atoms with Gasteiger partial charge in [0.05, 0.1) is 13.0 Å². The molecule has 2 N–H and O–H groups in total. The number of carboxylic acid groups (broad SMARTS) is 1. The summed E-state index contributed by atoms with van der Waals surface area (Å²) in [6, 6.07) is 8.69. The van der Waals surface area contributed by atoms with Crippen molar-refractivity contribution < 1.29 is 19.4 Å². The molecule has 1 aromatic rings. The molecule has 0 unspecified atom stereocenters. The van der Waals surface area contributed by atoms with Crippen LogP contribution in [0.1, 0.15) is 25.3 Å². The number of hydrogen-bond acceptors (Lipinski definition) is 4. The molecule has 0 aromatic heterocycles. The van der Waals surface area contributed by atoms with Crippen LogP contribution in [0, 0.1) is 11.3 Å². The van der Waals surface area contributed by atoms with Crippen molar-refractivity contribution in [1.29, 1.82) is 5.26 Å². The van der Waals surface area contributed by atoms with E-state index in [1.807, 2.05) is 13.0 Å². The molecule has 0 aliphatic heterocycles. The predicted octanol–water partition coefficient (Wildman–Crippen LogP) is 1.97. The van der Waals surface area contributed by atoms with Crippen LogP contribution >= 0.6 is 0 Å². The second-order valence-electron chi connectivity index (χ2n) is 4.46. The smallest absolute Gasteiger partial charge is 0.306 e. The second-order valence-corrected chi connectivity index (χ2v) is 4.46. The number of ether oxygens (including phenoxy) is 1. The molecule has 0 bridgehead atoms. The summed E-state index contributed by atoms with van der Waals surface area (Å²) in [5.74, 6) is -0.964. The Hall–Kier alpha value is -2.81. The minimum absolute atomic E-state index is 0.0180. The Labute approximate surface area is 129 Å². The van der Waals surface area contributed by atoms with Crippen molar-refractivity contribution >= 4 is 18.0 Å². The van der Waals surface area contributed by atoms with Crippen LogP contribution in [0.3, 0.4) is 0 Å². The number of rotatable bonds is 8. The first kappa shape index (κ1) is 17.2. The van der Waals surface area contributed by atoms with Gasteiger partial charge in [-0.1, -0.05) is 25.1 Å². The number of carboxylic acids is 1. The molecule has 0 spiro atoms. The second kappa shape index (κ2) is 9.19. The van der Waals surface area contributed by atoms with E-state index in [4.69, 9.17) is 15.1 Å². The van der Waals surface area contributed by atoms with E-state index in [1.54, 1.807) is 24.3 Å². The number of benzene rings is 1. The van der Waals surface area contributed by atoms with Gasteiger partial charge in [-0.3, -0.25) is 9.59 Å². The van der Waals surface area contributed by atoms with Gasteiger partial charge in [0.2, 0.25) is 0 Å². The van der Waals surface area contributed by atoms with Crippen LogP contribution in [0.15, 0.2) is 29.8 Å². The Morgan fingerprint density at radius 1 is 1.41 bits per heavy atom. The number of aliphatic carboxylic acids is 1. The third-order valence-electron chi connectivity index (χ3n) is 2.69. The van der Waals surface area contributed by atoms with Crippen molar-refractivity contribution in [1.82, 2.24) is 5.32 Å². The lowest BCUT2D eigenvalue weighted by molar-refractivity contribution is -0.137. The minimum Gasteiger partial charge on any atom is -0.492 e. The fourth-order valence-corrected chi connectivity index (χ4v) is 1.62. The summed E-state index contributed by atoms with van der Waals surface area (Å²) in [7, 11) is 0. The van der Waals surface area contributed by atoms with Gasteiger partial charge in [-0.15, -0.1) is 0 Å². The molecule has 22 heavy (non-hydrogen) atoms. The number of nitrogens with one attached hydrogen (secondary N) is 1. The van der Waals surface area contributed by atoms with E-state index >= 15 is 0 Å². The van der Waals surface area contributed by atoms with Gasteiger partial charge in [-0.25, -0.2) is 0 Å². The van der Waals surface area contributed by atoms with Crippen molar-refractivity contribution in [3.63, 3.8) is 0 Å². The molecule has 6 heteroatoms. The average molecular weight is 302 g/mol. The molecular weight excluding hydrogens is 284 g/mol. The van der Waals surface area contributed by atoms with E-state index in [0.717, 1.165) is 6.42 Å². The first-order valence-corrected chi connectivity index (χ1v) is 6.92. The maximum Gasteiger partial charge on any atom is 0.306 e. The lowest BCUT2D eigenvalue weighted by Gasteiger charge is -2.08. The van der Waals surface area contributed by atoms with E-state index in [9.17, 15) is 9.59 Å². The van der Waals surface area contributed by atoms with Crippen molar-refractivity contribution in [3.05, 3.63) is 35.4 Å². The van der Waals surface area contributed by atoms with Crippen molar-refractivity contribution in [3.8, 4) is 11.8 Å². The van der Waals surface area contributed by atoms with Crippen LogP contribution in [0.5, 0.6) is 5.75 Å². The first-order valence-electron chi connectivity index (χ1n) is 6.92. The summed E-state index contributed by atoms with van der Waals surface area (Å²) in [5, 5.41) is 20.3. The molecular formula is C16H18N2O4. The maximum absolute atomic E-state index is 11.8. The number of nitriles is 1. The highest BCUT2D eigenvalue weighted by molar-refractivity contribution is 6.01. The number of hydrogen-bond donors (Lipinski definition) is 2. The Bertz CT molecular complexity index is 602. The number of carbonyl (C=O) groups excluding carboxylic acids is 1. The van der Waals surface area contributed by atoms with E-state index in [2.05, 4.69) is 5.32 Å². The highest BCUT2D eigenvalue weighted by Crippen LogP contribution is 2.21. The van der Waals surface area contributed by atoms with Crippen molar-refractivity contribution in [2.75, 3.05) is 13.2 Å². The number of nitrogens with zero attached hydrogens (tertiary/aromatic N) is 1. The van der Waals surface area contributed by atoms with Gasteiger partial charge in [0.1, 0.15) is 17.4 Å². The summed E-state index contributed by atoms with van der Waals surface area (Å²) in [5.41, 5.74) is 0.527. The van der Waals surface area contributed by atoms with Gasteiger partial charge in [0.15, 0.2) is 0 Å². The van der Waals surface area contributed by atoms with Crippen LogP contribution in [-0.2, 0) is 9.59 Å². The Morgan fingerprint density at radius 3 is 2.77 bits per heavy atom. The quantitative estimate of drug-likeness (QED) is 0.565. The van der Waals surface area contributed by atoms with E-state index in [0.29, 0.717) is 17.9 Å². The summed E-state index contributed by atoms with van der Waals surface area (Å²) in [4.78, 5) is 22.3. The molecule has 0 aliphatic carbocycles. The highest BCUT2D eigenvalue weighted by atomic mass is 16.5. The number of para-hydroxylation sites is 1. The van der Waals surface area contributed by atoms with Crippen LogP contribution < -0.4 is 10.1 Å². The number of amides is 1. The largest absolute Gasteiger partial charge is 0.492 e. The topological polar surface area (TPSA) is 99.4 Å². The monoisotopic (exact) mass is 302 g/mol. The molecule has 0 heterocycles. The lowest BCUT2D eigenvalue weighted by Crippen LogP contribution is -2.25. The zero-order chi connectivity index (χ0) is 16.4. The summed E-state index contributed by atoms with van der Waals surface area (Å²) < 4.78 is 5.39.